The number of carboxylic acids is 1. The van der Waals surface area contributed by atoms with E-state index < -0.39 is 10.8 Å². The summed E-state index contributed by atoms with van der Waals surface area (Å²) in [7, 11) is 0. The second-order valence-electron chi connectivity index (χ2n) is 3.69. The molecule has 2 aromatic carbocycles. The molecule has 3 heteroatoms. The Labute approximate surface area is 108 Å². The van der Waals surface area contributed by atoms with Crippen LogP contribution in [0.1, 0.15) is 10.4 Å². The van der Waals surface area contributed by atoms with E-state index in [0.29, 0.717) is 0 Å². The van der Waals surface area contributed by atoms with E-state index in [2.05, 4.69) is 15.9 Å². The van der Waals surface area contributed by atoms with Gasteiger partial charge in [-0.2, -0.15) is 0 Å². The first-order valence-corrected chi connectivity index (χ1v) is 6.12. The summed E-state index contributed by atoms with van der Waals surface area (Å²) in [6.45, 7) is 0. The molecule has 0 saturated heterocycles. The number of carbonyl (C=O) groups is 1. The van der Waals surface area contributed by atoms with Gasteiger partial charge in [-0.25, -0.2) is 0 Å². The number of hydrogen-bond acceptors (Lipinski definition) is 1. The summed E-state index contributed by atoms with van der Waals surface area (Å²) in [5.74, 6) is -0.877. The van der Waals surface area contributed by atoms with E-state index in [4.69, 9.17) is 5.11 Å². The number of rotatable bonds is 3. The maximum Gasteiger partial charge on any atom is 0.321 e. The van der Waals surface area contributed by atoms with Gasteiger partial charge in [0, 0.05) is 0 Å². The summed E-state index contributed by atoms with van der Waals surface area (Å²) < 4.78 is 0. The summed E-state index contributed by atoms with van der Waals surface area (Å²) >= 11 is 3.13. The highest BCUT2D eigenvalue weighted by molar-refractivity contribution is 9.09. The lowest BCUT2D eigenvalue weighted by Crippen LogP contribution is -2.03. The van der Waals surface area contributed by atoms with Gasteiger partial charge in [-0.05, 0) is 16.7 Å². The third-order valence-corrected chi connectivity index (χ3v) is 3.45. The molecule has 1 atom stereocenters. The predicted octanol–water partition coefficient (Wildman–Crippen LogP) is 3.87. The Morgan fingerprint density at radius 3 is 2.00 bits per heavy atom. The van der Waals surface area contributed by atoms with Gasteiger partial charge < -0.3 is 5.11 Å². The smallest absolute Gasteiger partial charge is 0.321 e. The van der Waals surface area contributed by atoms with E-state index in [1.807, 2.05) is 54.6 Å². The molecule has 0 bridgehead atoms. The van der Waals surface area contributed by atoms with E-state index in [9.17, 15) is 4.79 Å². The molecule has 86 valence electrons. The standard InChI is InChI=1S/C14H11BrO2/c15-13(14(16)17)12-8-6-11(7-9-12)10-4-2-1-3-5-10/h1-9,13H,(H,16,17)/t13-/m1/s1. The van der Waals surface area contributed by atoms with E-state index in [1.165, 1.54) is 0 Å². The van der Waals surface area contributed by atoms with Gasteiger partial charge in [-0.3, -0.25) is 4.79 Å². The zero-order chi connectivity index (χ0) is 12.3. The molecule has 0 aliphatic heterocycles. The minimum absolute atomic E-state index is 0.646. The highest BCUT2D eigenvalue weighted by Crippen LogP contribution is 2.26. The molecule has 0 aliphatic rings. The summed E-state index contributed by atoms with van der Waals surface area (Å²) in [6.07, 6.45) is 0. The van der Waals surface area contributed by atoms with Crippen LogP contribution in [0.2, 0.25) is 0 Å². The predicted molar refractivity (Wildman–Crippen MR) is 71.2 cm³/mol. The molecule has 2 aromatic rings. The number of hydrogen-bond donors (Lipinski definition) is 1. The van der Waals surface area contributed by atoms with Crippen LogP contribution in [-0.2, 0) is 4.79 Å². The van der Waals surface area contributed by atoms with Crippen LogP contribution in [0.4, 0.5) is 0 Å². The monoisotopic (exact) mass is 290 g/mol. The van der Waals surface area contributed by atoms with Crippen molar-refractivity contribution in [2.45, 2.75) is 4.83 Å². The van der Waals surface area contributed by atoms with Gasteiger partial charge in [0.1, 0.15) is 4.83 Å². The van der Waals surface area contributed by atoms with Crippen LogP contribution in [0.3, 0.4) is 0 Å². The molecule has 0 unspecified atom stereocenters. The molecule has 0 fully saturated rings. The van der Waals surface area contributed by atoms with Gasteiger partial charge in [-0.1, -0.05) is 70.5 Å². The Balaban J connectivity index is 2.28. The van der Waals surface area contributed by atoms with E-state index in [0.717, 1.165) is 16.7 Å². The molecule has 0 spiro atoms. The lowest BCUT2D eigenvalue weighted by molar-refractivity contribution is -0.136. The lowest BCUT2D eigenvalue weighted by Gasteiger charge is -2.06. The molecule has 2 nitrogen and oxygen atoms in total. The maximum absolute atomic E-state index is 10.8. The topological polar surface area (TPSA) is 37.3 Å². The zero-order valence-electron chi connectivity index (χ0n) is 9.01. The van der Waals surface area contributed by atoms with E-state index in [-0.39, 0.29) is 0 Å². The van der Waals surface area contributed by atoms with Crippen molar-refractivity contribution in [1.82, 2.24) is 0 Å². The fourth-order valence-corrected chi connectivity index (χ4v) is 1.92. The van der Waals surface area contributed by atoms with Crippen molar-refractivity contribution in [3.05, 3.63) is 60.2 Å². The molecule has 0 aliphatic carbocycles. The van der Waals surface area contributed by atoms with Crippen molar-refractivity contribution in [3.63, 3.8) is 0 Å². The first-order valence-electron chi connectivity index (χ1n) is 5.21. The quantitative estimate of drug-likeness (QED) is 0.871. The van der Waals surface area contributed by atoms with Crippen LogP contribution in [0.15, 0.2) is 54.6 Å². The first kappa shape index (κ1) is 11.9. The third-order valence-electron chi connectivity index (χ3n) is 2.53. The highest BCUT2D eigenvalue weighted by Gasteiger charge is 2.15. The fourth-order valence-electron chi connectivity index (χ4n) is 1.62. The number of aliphatic carboxylic acids is 1. The van der Waals surface area contributed by atoms with Crippen LogP contribution in [0, 0.1) is 0 Å². The fraction of sp³-hybridized carbons (Fsp3) is 0.0714. The Hall–Kier alpha value is -1.61. The Morgan fingerprint density at radius 1 is 0.941 bits per heavy atom. The Bertz CT molecular complexity index is 506. The van der Waals surface area contributed by atoms with Crippen molar-refractivity contribution >= 4 is 21.9 Å². The molecule has 1 N–H and O–H groups in total. The van der Waals surface area contributed by atoms with Crippen LogP contribution >= 0.6 is 15.9 Å². The zero-order valence-corrected chi connectivity index (χ0v) is 10.6. The third kappa shape index (κ3) is 2.74. The van der Waals surface area contributed by atoms with Crippen molar-refractivity contribution in [2.24, 2.45) is 0 Å². The molecule has 2 rings (SSSR count). The summed E-state index contributed by atoms with van der Waals surface area (Å²) in [5, 5.41) is 8.87. The van der Waals surface area contributed by atoms with Crippen molar-refractivity contribution < 1.29 is 9.90 Å². The molecule has 0 heterocycles. The van der Waals surface area contributed by atoms with Crippen LogP contribution in [0.25, 0.3) is 11.1 Å². The normalized spacial score (nSPS) is 12.1. The largest absolute Gasteiger partial charge is 0.480 e. The minimum atomic E-state index is -0.877. The van der Waals surface area contributed by atoms with Crippen molar-refractivity contribution in [3.8, 4) is 11.1 Å². The van der Waals surface area contributed by atoms with Gasteiger partial charge in [0.2, 0.25) is 0 Å². The summed E-state index contributed by atoms with van der Waals surface area (Å²) in [4.78, 5) is 10.2. The van der Waals surface area contributed by atoms with E-state index in [1.54, 1.807) is 0 Å². The number of alkyl halides is 1. The van der Waals surface area contributed by atoms with E-state index >= 15 is 0 Å². The molecule has 0 radical (unpaired) electrons. The summed E-state index contributed by atoms with van der Waals surface area (Å²) in [6, 6.07) is 17.5. The SMILES string of the molecule is O=C(O)[C@H](Br)c1ccc(-c2ccccc2)cc1. The van der Waals surface area contributed by atoms with Crippen molar-refractivity contribution in [2.75, 3.05) is 0 Å². The van der Waals surface area contributed by atoms with Gasteiger partial charge in [0.05, 0.1) is 0 Å². The summed E-state index contributed by atoms with van der Waals surface area (Å²) in [5.41, 5.74) is 2.96. The molecule has 0 saturated carbocycles. The number of carboxylic acid groups (broad SMARTS) is 1. The number of benzene rings is 2. The molecule has 0 amide bonds. The van der Waals surface area contributed by atoms with Gasteiger partial charge >= 0.3 is 5.97 Å². The van der Waals surface area contributed by atoms with Crippen LogP contribution < -0.4 is 0 Å². The minimum Gasteiger partial charge on any atom is -0.480 e. The average molecular weight is 291 g/mol. The van der Waals surface area contributed by atoms with Crippen LogP contribution in [-0.4, -0.2) is 11.1 Å². The van der Waals surface area contributed by atoms with Crippen LogP contribution in [0.5, 0.6) is 0 Å². The molecular weight excluding hydrogens is 280 g/mol. The Morgan fingerprint density at radius 2 is 1.47 bits per heavy atom. The maximum atomic E-state index is 10.8. The van der Waals surface area contributed by atoms with Gasteiger partial charge in [-0.15, -0.1) is 0 Å². The molecule has 0 aromatic heterocycles. The highest BCUT2D eigenvalue weighted by atomic mass is 79.9. The number of halogens is 1. The average Bonchev–Trinajstić information content (AvgIpc) is 2.39. The Kier molecular flexibility index (Phi) is 3.59. The molecular formula is C14H11BrO2. The second kappa shape index (κ2) is 5.15. The van der Waals surface area contributed by atoms with Gasteiger partial charge in [0.15, 0.2) is 0 Å². The first-order chi connectivity index (χ1) is 8.18. The lowest BCUT2D eigenvalue weighted by atomic mass is 10.0. The van der Waals surface area contributed by atoms with Crippen molar-refractivity contribution in [1.29, 1.82) is 0 Å². The second-order valence-corrected chi connectivity index (χ2v) is 4.60. The van der Waals surface area contributed by atoms with Gasteiger partial charge in [0.25, 0.3) is 0 Å². The molecule has 17 heavy (non-hydrogen) atoms.